The minimum Gasteiger partial charge on any atom is -0.262 e. The highest BCUT2D eigenvalue weighted by atomic mass is 35.5. The van der Waals surface area contributed by atoms with Crippen LogP contribution in [0.15, 0.2) is 47.6 Å². The molecule has 0 aliphatic heterocycles. The van der Waals surface area contributed by atoms with E-state index >= 15 is 0 Å². The lowest BCUT2D eigenvalue weighted by Gasteiger charge is -2.27. The number of rotatable bonds is 5. The van der Waals surface area contributed by atoms with Gasteiger partial charge in [0, 0.05) is 24.5 Å². The third-order valence-corrected chi connectivity index (χ3v) is 5.42. The first-order valence-corrected chi connectivity index (χ1v) is 8.46. The zero-order chi connectivity index (χ0) is 17.9. The third kappa shape index (κ3) is 3.70. The normalized spacial score (nSPS) is 13.0. The second-order valence-corrected chi connectivity index (χ2v) is 7.31. The first-order valence-electron chi connectivity index (χ1n) is 6.64. The van der Waals surface area contributed by atoms with E-state index in [2.05, 4.69) is 4.98 Å². The molecular weight excluding hydrogens is 360 g/mol. The largest absolute Gasteiger partial charge is 0.262 e. The Labute approximate surface area is 143 Å². The number of pyridine rings is 1. The molecule has 5 nitrogen and oxygen atoms in total. The van der Waals surface area contributed by atoms with E-state index in [0.717, 1.165) is 19.3 Å². The minimum atomic E-state index is -4.27. The van der Waals surface area contributed by atoms with Gasteiger partial charge >= 0.3 is 0 Å². The number of hydrogen-bond acceptors (Lipinski definition) is 4. The van der Waals surface area contributed by atoms with E-state index in [-0.39, 0.29) is 16.0 Å². The van der Waals surface area contributed by atoms with E-state index in [1.165, 1.54) is 30.5 Å². The highest BCUT2D eigenvalue weighted by molar-refractivity contribution is 7.89. The lowest BCUT2D eigenvalue weighted by Crippen LogP contribution is -2.35. The van der Waals surface area contributed by atoms with Gasteiger partial charge < -0.3 is 0 Å². The van der Waals surface area contributed by atoms with Crippen LogP contribution in [-0.4, -0.2) is 31.2 Å². The molecular formula is C15H12ClF2N3O2S. The van der Waals surface area contributed by atoms with E-state index in [9.17, 15) is 17.2 Å². The van der Waals surface area contributed by atoms with Crippen molar-refractivity contribution in [3.8, 4) is 6.07 Å². The molecule has 1 heterocycles. The van der Waals surface area contributed by atoms with Crippen LogP contribution in [0.1, 0.15) is 17.2 Å². The Morgan fingerprint density at radius 3 is 2.42 bits per heavy atom. The second kappa shape index (κ2) is 7.21. The van der Waals surface area contributed by atoms with Crippen LogP contribution in [0, 0.1) is 11.3 Å². The van der Waals surface area contributed by atoms with Crippen LogP contribution in [0.3, 0.4) is 0 Å². The van der Waals surface area contributed by atoms with Crippen LogP contribution in [0.25, 0.3) is 0 Å². The van der Waals surface area contributed by atoms with Gasteiger partial charge in [-0.15, -0.1) is 0 Å². The summed E-state index contributed by atoms with van der Waals surface area (Å²) in [7, 11) is -3.21. The Morgan fingerprint density at radius 1 is 1.25 bits per heavy atom. The Hall–Kier alpha value is -2.08. The van der Waals surface area contributed by atoms with Gasteiger partial charge in [0.25, 0.3) is 6.43 Å². The molecule has 2 rings (SSSR count). The molecule has 2 aromatic rings. The molecule has 0 N–H and O–H groups in total. The maximum absolute atomic E-state index is 13.5. The van der Waals surface area contributed by atoms with Crippen molar-refractivity contribution in [3.63, 3.8) is 0 Å². The Morgan fingerprint density at radius 2 is 1.88 bits per heavy atom. The monoisotopic (exact) mass is 371 g/mol. The molecule has 0 unspecified atom stereocenters. The fourth-order valence-corrected chi connectivity index (χ4v) is 3.55. The third-order valence-electron chi connectivity index (χ3n) is 3.36. The molecule has 0 radical (unpaired) electrons. The van der Waals surface area contributed by atoms with E-state index in [1.807, 2.05) is 0 Å². The highest BCUT2D eigenvalue weighted by Gasteiger charge is 2.35. The van der Waals surface area contributed by atoms with Gasteiger partial charge in [0.2, 0.25) is 10.0 Å². The van der Waals surface area contributed by atoms with Gasteiger partial charge in [0.1, 0.15) is 17.0 Å². The molecule has 0 saturated carbocycles. The number of nitriles is 1. The number of benzene rings is 1. The molecule has 126 valence electrons. The number of aromatic nitrogens is 1. The van der Waals surface area contributed by atoms with Crippen molar-refractivity contribution in [1.29, 1.82) is 5.26 Å². The second-order valence-electron chi connectivity index (χ2n) is 4.87. The summed E-state index contributed by atoms with van der Waals surface area (Å²) >= 11 is 5.74. The van der Waals surface area contributed by atoms with Crippen LogP contribution in [-0.2, 0) is 10.0 Å². The lowest BCUT2D eigenvalue weighted by atomic mass is 10.1. The van der Waals surface area contributed by atoms with Crippen molar-refractivity contribution in [2.24, 2.45) is 0 Å². The van der Waals surface area contributed by atoms with Crippen LogP contribution in [0.2, 0.25) is 5.02 Å². The smallest absolute Gasteiger partial charge is 0.259 e. The summed E-state index contributed by atoms with van der Waals surface area (Å²) in [6, 6.07) is 6.65. The topological polar surface area (TPSA) is 74.1 Å². The van der Waals surface area contributed by atoms with E-state index in [0.29, 0.717) is 9.33 Å². The highest BCUT2D eigenvalue weighted by Crippen LogP contribution is 2.31. The summed E-state index contributed by atoms with van der Waals surface area (Å²) in [5, 5.41) is 9.19. The Balaban J connectivity index is 2.47. The molecule has 0 spiro atoms. The fourth-order valence-electron chi connectivity index (χ4n) is 2.11. The Kier molecular flexibility index (Phi) is 5.49. The van der Waals surface area contributed by atoms with Crippen molar-refractivity contribution in [3.05, 3.63) is 58.9 Å². The fraction of sp³-hybridized carbons (Fsp3) is 0.200. The average molecular weight is 372 g/mol. The van der Waals surface area contributed by atoms with Gasteiger partial charge in [0.15, 0.2) is 0 Å². The predicted octanol–water partition coefficient (Wildman–Crippen LogP) is 3.23. The number of halogens is 3. The van der Waals surface area contributed by atoms with E-state index in [1.54, 1.807) is 6.07 Å². The molecule has 0 aliphatic rings. The molecule has 24 heavy (non-hydrogen) atoms. The summed E-state index contributed by atoms with van der Waals surface area (Å²) in [6.07, 6.45) is -0.766. The molecule has 9 heteroatoms. The molecule has 0 aliphatic carbocycles. The molecule has 0 fully saturated rings. The number of sulfonamides is 1. The van der Waals surface area contributed by atoms with Crippen molar-refractivity contribution in [2.75, 3.05) is 7.05 Å². The number of nitrogens with zero attached hydrogens (tertiary/aromatic N) is 3. The van der Waals surface area contributed by atoms with Crippen LogP contribution < -0.4 is 0 Å². The van der Waals surface area contributed by atoms with Crippen molar-refractivity contribution < 1.29 is 17.2 Å². The summed E-state index contributed by atoms with van der Waals surface area (Å²) in [5.41, 5.74) is 0.120. The predicted molar refractivity (Wildman–Crippen MR) is 84.1 cm³/mol. The number of alkyl halides is 2. The molecule has 1 aromatic carbocycles. The van der Waals surface area contributed by atoms with E-state index < -0.39 is 22.5 Å². The molecule has 0 amide bonds. The lowest BCUT2D eigenvalue weighted by molar-refractivity contribution is 0.0699. The maximum Gasteiger partial charge on any atom is 0.259 e. The van der Waals surface area contributed by atoms with Crippen molar-refractivity contribution >= 4 is 21.6 Å². The van der Waals surface area contributed by atoms with E-state index in [4.69, 9.17) is 16.9 Å². The molecule has 0 bridgehead atoms. The van der Waals surface area contributed by atoms with Crippen LogP contribution >= 0.6 is 11.6 Å². The van der Waals surface area contributed by atoms with Crippen LogP contribution in [0.5, 0.6) is 0 Å². The first kappa shape index (κ1) is 18.3. The summed E-state index contributed by atoms with van der Waals surface area (Å²) in [6.45, 7) is 0. The van der Waals surface area contributed by atoms with Gasteiger partial charge in [-0.25, -0.2) is 17.2 Å². The van der Waals surface area contributed by atoms with Gasteiger partial charge in [-0.2, -0.15) is 9.57 Å². The molecule has 0 saturated heterocycles. The summed E-state index contributed by atoms with van der Waals surface area (Å²) < 4.78 is 52.8. The quantitative estimate of drug-likeness (QED) is 0.808. The Bertz CT molecular complexity index is 867. The molecule has 1 atom stereocenters. The zero-order valence-corrected chi connectivity index (χ0v) is 14.0. The zero-order valence-electron chi connectivity index (χ0n) is 12.4. The average Bonchev–Trinajstić information content (AvgIpc) is 2.56. The van der Waals surface area contributed by atoms with Gasteiger partial charge in [-0.1, -0.05) is 23.7 Å². The minimum absolute atomic E-state index is 0.0181. The van der Waals surface area contributed by atoms with Gasteiger partial charge in [0.05, 0.1) is 5.56 Å². The van der Waals surface area contributed by atoms with Crippen LogP contribution in [0.4, 0.5) is 8.78 Å². The molecule has 1 aromatic heterocycles. The van der Waals surface area contributed by atoms with Gasteiger partial charge in [-0.05, 0) is 23.8 Å². The summed E-state index contributed by atoms with van der Waals surface area (Å²) in [4.78, 5) is 3.33. The SMILES string of the molecule is CN([C@H](c1ccc(Cl)cc1)C(F)F)S(=O)(=O)c1cncc(C#N)c1. The number of hydrogen-bond donors (Lipinski definition) is 0. The van der Waals surface area contributed by atoms with Crippen molar-refractivity contribution in [1.82, 2.24) is 9.29 Å². The van der Waals surface area contributed by atoms with Crippen molar-refractivity contribution in [2.45, 2.75) is 17.4 Å². The standard InChI is InChI=1S/C15H12ClF2N3O2S/c1-21(14(15(17)18)11-2-4-12(16)5-3-11)24(22,23)13-6-10(7-19)8-20-9-13/h2-6,8-9,14-15H,1H3/t14-/m1/s1. The summed E-state index contributed by atoms with van der Waals surface area (Å²) in [5.74, 6) is 0. The first-order chi connectivity index (χ1) is 11.3. The van der Waals surface area contributed by atoms with Gasteiger partial charge in [-0.3, -0.25) is 4.98 Å². The maximum atomic E-state index is 13.5.